The average molecular weight is 374 g/mol. The lowest BCUT2D eigenvalue weighted by Crippen LogP contribution is -2.37. The summed E-state index contributed by atoms with van der Waals surface area (Å²) in [5.74, 6) is -1.98. The molecule has 0 aliphatic rings. The van der Waals surface area contributed by atoms with Gasteiger partial charge in [-0.1, -0.05) is 24.3 Å². The van der Waals surface area contributed by atoms with Gasteiger partial charge in [-0.3, -0.25) is 14.9 Å². The monoisotopic (exact) mass is 374 g/mol. The number of carbonyl (C=O) groups is 2. The second-order valence-corrected chi connectivity index (χ2v) is 7.17. The van der Waals surface area contributed by atoms with Gasteiger partial charge in [0, 0.05) is 12.6 Å². The molecule has 2 aromatic rings. The number of nitro benzene ring substituents is 1. The number of hydrogen-bond donors (Lipinski definition) is 2. The molecule has 0 aromatic heterocycles. The number of nitrogens with zero attached hydrogens (tertiary/aromatic N) is 1. The predicted octanol–water partition coefficient (Wildman–Crippen LogP) is 3.52. The highest BCUT2D eigenvalue weighted by atomic mass is 16.6. The fraction of sp³-hybridized carbons (Fsp3) is 0.368. The van der Waals surface area contributed by atoms with Crippen molar-refractivity contribution in [2.75, 3.05) is 6.54 Å². The van der Waals surface area contributed by atoms with Crippen molar-refractivity contribution in [2.24, 2.45) is 5.92 Å². The maximum Gasteiger partial charge on any atom is 0.407 e. The van der Waals surface area contributed by atoms with E-state index in [1.165, 1.54) is 6.07 Å². The van der Waals surface area contributed by atoms with Crippen molar-refractivity contribution < 1.29 is 24.4 Å². The van der Waals surface area contributed by atoms with E-state index in [-0.39, 0.29) is 18.7 Å². The van der Waals surface area contributed by atoms with Crippen molar-refractivity contribution in [1.82, 2.24) is 5.32 Å². The summed E-state index contributed by atoms with van der Waals surface area (Å²) >= 11 is 0. The number of hydrogen-bond acceptors (Lipinski definition) is 5. The molecule has 144 valence electrons. The number of carboxylic acid groups (broad SMARTS) is 1. The number of benzene rings is 2. The number of aliphatic carboxylic acids is 1. The van der Waals surface area contributed by atoms with E-state index < -0.39 is 28.5 Å². The summed E-state index contributed by atoms with van der Waals surface area (Å²) in [5, 5.41) is 24.2. The number of amides is 1. The Morgan fingerprint density at radius 1 is 1.19 bits per heavy atom. The molecule has 0 heterocycles. The minimum atomic E-state index is -1.08. The molecular weight excluding hydrogens is 352 g/mol. The summed E-state index contributed by atoms with van der Waals surface area (Å²) in [6, 6.07) is 9.72. The molecule has 0 radical (unpaired) electrons. The number of ether oxygens (including phenoxy) is 1. The van der Waals surface area contributed by atoms with Gasteiger partial charge in [0.1, 0.15) is 5.60 Å². The molecule has 0 unspecified atom stereocenters. The first-order chi connectivity index (χ1) is 12.6. The molecule has 2 rings (SSSR count). The van der Waals surface area contributed by atoms with Crippen LogP contribution in [0.3, 0.4) is 0 Å². The number of carbonyl (C=O) groups excluding carboxylic acids is 1. The highest BCUT2D eigenvalue weighted by Crippen LogP contribution is 2.29. The lowest BCUT2D eigenvalue weighted by Gasteiger charge is -2.21. The van der Waals surface area contributed by atoms with E-state index in [0.29, 0.717) is 16.3 Å². The Kier molecular flexibility index (Phi) is 5.99. The van der Waals surface area contributed by atoms with Crippen LogP contribution < -0.4 is 5.32 Å². The molecular formula is C19H22N2O6. The van der Waals surface area contributed by atoms with Crippen molar-refractivity contribution in [3.8, 4) is 0 Å². The van der Waals surface area contributed by atoms with E-state index in [2.05, 4.69) is 5.32 Å². The summed E-state index contributed by atoms with van der Waals surface area (Å²) in [4.78, 5) is 34.1. The number of nitrogens with one attached hydrogen (secondary N) is 1. The van der Waals surface area contributed by atoms with Crippen molar-refractivity contribution >= 4 is 28.5 Å². The number of non-ortho nitro benzene ring substituents is 1. The minimum absolute atomic E-state index is 0.0342. The minimum Gasteiger partial charge on any atom is -0.481 e. The molecule has 0 aliphatic heterocycles. The summed E-state index contributed by atoms with van der Waals surface area (Å²) in [7, 11) is 0. The number of alkyl carbamates (subject to hydrolysis) is 1. The highest BCUT2D eigenvalue weighted by Gasteiger charge is 2.23. The third kappa shape index (κ3) is 5.40. The molecule has 0 aliphatic carbocycles. The lowest BCUT2D eigenvalue weighted by molar-refractivity contribution is -0.383. The van der Waals surface area contributed by atoms with Crippen LogP contribution in [0.2, 0.25) is 0 Å². The van der Waals surface area contributed by atoms with Gasteiger partial charge in [0.05, 0.1) is 16.2 Å². The molecule has 0 spiro atoms. The van der Waals surface area contributed by atoms with Gasteiger partial charge in [-0.2, -0.15) is 0 Å². The molecule has 1 amide bonds. The van der Waals surface area contributed by atoms with Crippen LogP contribution in [0.25, 0.3) is 10.8 Å². The number of nitro groups is 1. The molecule has 1 atom stereocenters. The molecule has 0 bridgehead atoms. The maximum atomic E-state index is 11.8. The van der Waals surface area contributed by atoms with Crippen LogP contribution in [-0.2, 0) is 16.0 Å². The first-order valence-electron chi connectivity index (χ1n) is 8.43. The van der Waals surface area contributed by atoms with E-state index in [4.69, 9.17) is 4.74 Å². The quantitative estimate of drug-likeness (QED) is 0.590. The van der Waals surface area contributed by atoms with E-state index in [1.54, 1.807) is 51.1 Å². The van der Waals surface area contributed by atoms with E-state index in [0.717, 1.165) is 0 Å². The second kappa shape index (κ2) is 8.03. The topological polar surface area (TPSA) is 119 Å². The molecule has 8 heteroatoms. The summed E-state index contributed by atoms with van der Waals surface area (Å²) in [6.07, 6.45) is -0.578. The smallest absolute Gasteiger partial charge is 0.407 e. The molecule has 0 fully saturated rings. The van der Waals surface area contributed by atoms with Gasteiger partial charge >= 0.3 is 12.1 Å². The predicted molar refractivity (Wildman–Crippen MR) is 99.7 cm³/mol. The Labute approximate surface area is 156 Å². The fourth-order valence-corrected chi connectivity index (χ4v) is 2.72. The number of rotatable bonds is 6. The molecule has 0 saturated heterocycles. The first kappa shape index (κ1) is 20.2. The Bertz CT molecular complexity index is 872. The van der Waals surface area contributed by atoms with Crippen molar-refractivity contribution in [2.45, 2.75) is 32.8 Å². The standard InChI is InChI=1S/C19H22N2O6/c1-19(2,3)27-18(24)20-11-13(17(22)23)10-12-8-9-16(21(25)26)15-7-5-4-6-14(12)15/h4-9,13H,10-11H2,1-3H3,(H,20,24)(H,22,23)/t13-/m0/s1. The van der Waals surface area contributed by atoms with Crippen LogP contribution in [0.4, 0.5) is 10.5 Å². The zero-order chi connectivity index (χ0) is 20.2. The number of fused-ring (bicyclic) bond motifs is 1. The largest absolute Gasteiger partial charge is 0.481 e. The average Bonchev–Trinajstić information content (AvgIpc) is 2.56. The van der Waals surface area contributed by atoms with Gasteiger partial charge < -0.3 is 15.2 Å². The summed E-state index contributed by atoms with van der Waals surface area (Å²) in [5.41, 5.74) is -0.0557. The molecule has 2 aromatic carbocycles. The van der Waals surface area contributed by atoms with E-state index in [1.807, 2.05) is 0 Å². The molecule has 8 nitrogen and oxygen atoms in total. The van der Waals surface area contributed by atoms with Crippen LogP contribution in [0.1, 0.15) is 26.3 Å². The first-order valence-corrected chi connectivity index (χ1v) is 8.43. The Morgan fingerprint density at radius 3 is 2.37 bits per heavy atom. The molecule has 0 saturated carbocycles. The van der Waals surface area contributed by atoms with E-state index in [9.17, 15) is 24.8 Å². The van der Waals surface area contributed by atoms with Crippen molar-refractivity contribution in [1.29, 1.82) is 0 Å². The Morgan fingerprint density at radius 2 is 1.81 bits per heavy atom. The summed E-state index contributed by atoms with van der Waals surface area (Å²) < 4.78 is 5.11. The van der Waals surface area contributed by atoms with Gasteiger partial charge in [0.25, 0.3) is 5.69 Å². The molecule has 2 N–H and O–H groups in total. The van der Waals surface area contributed by atoms with Gasteiger partial charge in [0.2, 0.25) is 0 Å². The zero-order valence-corrected chi connectivity index (χ0v) is 15.4. The van der Waals surface area contributed by atoms with Gasteiger partial charge in [-0.25, -0.2) is 4.79 Å². The molecule has 27 heavy (non-hydrogen) atoms. The lowest BCUT2D eigenvalue weighted by atomic mass is 9.94. The second-order valence-electron chi connectivity index (χ2n) is 7.17. The van der Waals surface area contributed by atoms with E-state index >= 15 is 0 Å². The third-order valence-corrected chi connectivity index (χ3v) is 3.90. The van der Waals surface area contributed by atoms with Crippen molar-refractivity contribution in [3.05, 3.63) is 52.1 Å². The number of carboxylic acids is 1. The van der Waals surface area contributed by atoms with Crippen LogP contribution in [0, 0.1) is 16.0 Å². The summed E-state index contributed by atoms with van der Waals surface area (Å²) in [6.45, 7) is 5.02. The van der Waals surface area contributed by atoms with Crippen LogP contribution in [0.5, 0.6) is 0 Å². The fourth-order valence-electron chi connectivity index (χ4n) is 2.72. The maximum absolute atomic E-state index is 11.8. The normalized spacial score (nSPS) is 12.4. The van der Waals surface area contributed by atoms with Crippen LogP contribution >= 0.6 is 0 Å². The van der Waals surface area contributed by atoms with Crippen LogP contribution in [0.15, 0.2) is 36.4 Å². The third-order valence-electron chi connectivity index (χ3n) is 3.90. The highest BCUT2D eigenvalue weighted by molar-refractivity contribution is 5.93. The van der Waals surface area contributed by atoms with Crippen molar-refractivity contribution in [3.63, 3.8) is 0 Å². The SMILES string of the molecule is CC(C)(C)OC(=O)NC[C@H](Cc1ccc([N+](=O)[O-])c2ccccc12)C(=O)O. The van der Waals surface area contributed by atoms with Crippen LogP contribution in [-0.4, -0.2) is 34.2 Å². The Hall–Kier alpha value is -3.16. The van der Waals surface area contributed by atoms with Gasteiger partial charge in [0.15, 0.2) is 0 Å². The van der Waals surface area contributed by atoms with Gasteiger partial charge in [-0.15, -0.1) is 0 Å². The Balaban J connectivity index is 2.22. The zero-order valence-electron chi connectivity index (χ0n) is 15.4. The van der Waals surface area contributed by atoms with Gasteiger partial charge in [-0.05, 0) is 44.2 Å².